The van der Waals surface area contributed by atoms with E-state index in [9.17, 15) is 0 Å². The minimum atomic E-state index is 0.101. The number of piperidine rings is 1. The van der Waals surface area contributed by atoms with Gasteiger partial charge in [-0.25, -0.2) is 4.98 Å². The van der Waals surface area contributed by atoms with Crippen LogP contribution in [0.2, 0.25) is 0 Å². The molecule has 1 aliphatic heterocycles. The summed E-state index contributed by atoms with van der Waals surface area (Å²) in [6, 6.07) is 3.71. The zero-order valence-corrected chi connectivity index (χ0v) is 11.2. The Balaban J connectivity index is 2.12. The molecule has 0 atom stereocenters. The summed E-state index contributed by atoms with van der Waals surface area (Å²) in [6.07, 6.45) is 4.17. The second-order valence-corrected chi connectivity index (χ2v) is 5.36. The third kappa shape index (κ3) is 2.63. The molecule has 0 aliphatic carbocycles. The van der Waals surface area contributed by atoms with Crippen molar-refractivity contribution in [1.29, 1.82) is 5.41 Å². The lowest BCUT2D eigenvalue weighted by molar-refractivity contribution is 0.310. The van der Waals surface area contributed by atoms with E-state index in [4.69, 9.17) is 11.1 Å². The molecule has 0 spiro atoms. The molecule has 2 heterocycles. The molecule has 1 aromatic heterocycles. The van der Waals surface area contributed by atoms with E-state index in [1.54, 1.807) is 6.20 Å². The minimum Gasteiger partial charge on any atom is -0.384 e. The van der Waals surface area contributed by atoms with Crippen LogP contribution in [0.4, 0.5) is 5.82 Å². The van der Waals surface area contributed by atoms with Crippen LogP contribution >= 0.6 is 0 Å². The van der Waals surface area contributed by atoms with E-state index in [2.05, 4.69) is 23.7 Å². The van der Waals surface area contributed by atoms with Gasteiger partial charge in [0, 0.05) is 19.3 Å². The van der Waals surface area contributed by atoms with Gasteiger partial charge in [-0.05, 0) is 36.8 Å². The van der Waals surface area contributed by atoms with Crippen molar-refractivity contribution in [1.82, 2.24) is 4.98 Å². The number of anilines is 1. The molecule has 0 unspecified atom stereocenters. The number of rotatable bonds is 3. The number of nitrogens with zero attached hydrogens (tertiary/aromatic N) is 2. The average molecular weight is 246 g/mol. The number of hydrogen-bond acceptors (Lipinski definition) is 3. The summed E-state index contributed by atoms with van der Waals surface area (Å²) in [7, 11) is 0. The predicted molar refractivity (Wildman–Crippen MR) is 75.0 cm³/mol. The molecule has 4 heteroatoms. The van der Waals surface area contributed by atoms with Crippen LogP contribution in [0.3, 0.4) is 0 Å². The monoisotopic (exact) mass is 246 g/mol. The summed E-state index contributed by atoms with van der Waals surface area (Å²) in [6.45, 7) is 6.62. The maximum atomic E-state index is 7.61. The van der Waals surface area contributed by atoms with Gasteiger partial charge in [0.05, 0.1) is 5.56 Å². The Morgan fingerprint density at radius 2 is 2.11 bits per heavy atom. The van der Waals surface area contributed by atoms with Crippen molar-refractivity contribution in [3.05, 3.63) is 23.9 Å². The highest BCUT2D eigenvalue weighted by atomic mass is 15.2. The Bertz CT molecular complexity index is 420. The fraction of sp³-hybridized carbons (Fsp3) is 0.571. The third-order valence-electron chi connectivity index (χ3n) is 3.86. The first-order chi connectivity index (χ1) is 8.59. The zero-order valence-electron chi connectivity index (χ0n) is 11.2. The molecule has 0 bridgehead atoms. The summed E-state index contributed by atoms with van der Waals surface area (Å²) in [5.74, 6) is 2.53. The lowest BCUT2D eigenvalue weighted by atomic mass is 9.86. The van der Waals surface area contributed by atoms with Crippen LogP contribution in [0.1, 0.15) is 32.3 Å². The van der Waals surface area contributed by atoms with Crippen molar-refractivity contribution in [3.63, 3.8) is 0 Å². The summed E-state index contributed by atoms with van der Waals surface area (Å²) in [5, 5.41) is 7.61. The molecule has 2 rings (SSSR count). The second-order valence-electron chi connectivity index (χ2n) is 5.36. The van der Waals surface area contributed by atoms with Gasteiger partial charge in [0.1, 0.15) is 11.7 Å². The van der Waals surface area contributed by atoms with E-state index in [1.165, 1.54) is 12.8 Å². The quantitative estimate of drug-likeness (QED) is 0.635. The number of pyridine rings is 1. The van der Waals surface area contributed by atoms with E-state index in [-0.39, 0.29) is 5.84 Å². The summed E-state index contributed by atoms with van der Waals surface area (Å²) < 4.78 is 0. The van der Waals surface area contributed by atoms with Gasteiger partial charge in [0.25, 0.3) is 0 Å². The first-order valence-electron chi connectivity index (χ1n) is 6.64. The van der Waals surface area contributed by atoms with Gasteiger partial charge in [-0.2, -0.15) is 0 Å². The Morgan fingerprint density at radius 3 is 2.67 bits per heavy atom. The first kappa shape index (κ1) is 12.9. The van der Waals surface area contributed by atoms with Crippen LogP contribution < -0.4 is 10.6 Å². The molecule has 1 aliphatic rings. The van der Waals surface area contributed by atoms with Gasteiger partial charge in [-0.1, -0.05) is 13.8 Å². The normalized spacial score (nSPS) is 17.2. The molecule has 4 nitrogen and oxygen atoms in total. The molecule has 3 N–H and O–H groups in total. The second kappa shape index (κ2) is 5.38. The van der Waals surface area contributed by atoms with Crippen LogP contribution in [0.5, 0.6) is 0 Å². The van der Waals surface area contributed by atoms with Gasteiger partial charge in [-0.15, -0.1) is 0 Å². The van der Waals surface area contributed by atoms with Crippen LogP contribution in [0.25, 0.3) is 0 Å². The Hall–Kier alpha value is -1.58. The molecule has 0 radical (unpaired) electrons. The number of nitrogens with two attached hydrogens (primary N) is 1. The minimum absolute atomic E-state index is 0.101. The number of amidine groups is 1. The van der Waals surface area contributed by atoms with E-state index in [0.29, 0.717) is 0 Å². The molecule has 1 fully saturated rings. The lowest BCUT2D eigenvalue weighted by Gasteiger charge is -2.35. The Kier molecular flexibility index (Phi) is 3.84. The van der Waals surface area contributed by atoms with Crippen LogP contribution in [0.15, 0.2) is 18.3 Å². The summed E-state index contributed by atoms with van der Waals surface area (Å²) >= 11 is 0. The number of aromatic nitrogens is 1. The SMILES string of the molecule is CC(C)C1CCN(c2ncccc2C(=N)N)CC1. The van der Waals surface area contributed by atoms with E-state index in [0.717, 1.165) is 36.3 Å². The van der Waals surface area contributed by atoms with Crippen LogP contribution in [-0.2, 0) is 0 Å². The maximum Gasteiger partial charge on any atom is 0.139 e. The highest BCUT2D eigenvalue weighted by Crippen LogP contribution is 2.28. The van der Waals surface area contributed by atoms with Crippen molar-refractivity contribution in [2.24, 2.45) is 17.6 Å². The van der Waals surface area contributed by atoms with Gasteiger partial charge in [-0.3, -0.25) is 5.41 Å². The van der Waals surface area contributed by atoms with Gasteiger partial charge < -0.3 is 10.6 Å². The molecule has 0 saturated carbocycles. The Morgan fingerprint density at radius 1 is 1.44 bits per heavy atom. The standard InChI is InChI=1S/C14H22N4/c1-10(2)11-5-8-18(9-6-11)14-12(13(15)16)4-3-7-17-14/h3-4,7,10-11H,5-6,8-9H2,1-2H3,(H3,15,16). The fourth-order valence-corrected chi connectivity index (χ4v) is 2.64. The van der Waals surface area contributed by atoms with E-state index < -0.39 is 0 Å². The van der Waals surface area contributed by atoms with Crippen molar-refractivity contribution < 1.29 is 0 Å². The van der Waals surface area contributed by atoms with Crippen molar-refractivity contribution >= 4 is 11.7 Å². The summed E-state index contributed by atoms with van der Waals surface area (Å²) in [5.41, 5.74) is 6.36. The Labute approximate surface area is 109 Å². The number of nitrogens with one attached hydrogen (secondary N) is 1. The molecular formula is C14H22N4. The van der Waals surface area contributed by atoms with Crippen LogP contribution in [0, 0.1) is 17.2 Å². The molecule has 98 valence electrons. The topological polar surface area (TPSA) is 66.0 Å². The lowest BCUT2D eigenvalue weighted by Crippen LogP contribution is -2.37. The predicted octanol–water partition coefficient (Wildman–Crippen LogP) is 2.24. The molecule has 0 amide bonds. The molecule has 18 heavy (non-hydrogen) atoms. The number of nitrogen functional groups attached to an aromatic ring is 1. The van der Waals surface area contributed by atoms with Gasteiger partial charge in [0.2, 0.25) is 0 Å². The van der Waals surface area contributed by atoms with E-state index >= 15 is 0 Å². The average Bonchev–Trinajstić information content (AvgIpc) is 2.39. The van der Waals surface area contributed by atoms with Crippen LogP contribution in [-0.4, -0.2) is 23.9 Å². The largest absolute Gasteiger partial charge is 0.384 e. The zero-order chi connectivity index (χ0) is 13.1. The highest BCUT2D eigenvalue weighted by molar-refractivity contribution is 5.99. The number of hydrogen-bond donors (Lipinski definition) is 2. The van der Waals surface area contributed by atoms with E-state index in [1.807, 2.05) is 12.1 Å². The van der Waals surface area contributed by atoms with Gasteiger partial charge >= 0.3 is 0 Å². The summed E-state index contributed by atoms with van der Waals surface area (Å²) in [4.78, 5) is 6.66. The van der Waals surface area contributed by atoms with Crippen molar-refractivity contribution in [2.75, 3.05) is 18.0 Å². The van der Waals surface area contributed by atoms with Crippen molar-refractivity contribution in [3.8, 4) is 0 Å². The molecule has 1 saturated heterocycles. The first-order valence-corrected chi connectivity index (χ1v) is 6.64. The molecule has 0 aromatic carbocycles. The smallest absolute Gasteiger partial charge is 0.139 e. The molecular weight excluding hydrogens is 224 g/mol. The maximum absolute atomic E-state index is 7.61. The molecule has 1 aromatic rings. The van der Waals surface area contributed by atoms with Crippen molar-refractivity contribution in [2.45, 2.75) is 26.7 Å². The fourth-order valence-electron chi connectivity index (χ4n) is 2.64. The third-order valence-corrected chi connectivity index (χ3v) is 3.86. The highest BCUT2D eigenvalue weighted by Gasteiger charge is 2.23. The van der Waals surface area contributed by atoms with Gasteiger partial charge in [0.15, 0.2) is 0 Å².